The number of carbonyl (C=O) groups is 1. The van der Waals surface area contributed by atoms with E-state index in [1.54, 1.807) is 0 Å². The molecular formula is C18H34N2O3. The number of hydrogen-bond donors (Lipinski definition) is 1. The van der Waals surface area contributed by atoms with Crippen LogP contribution in [0.4, 0.5) is 0 Å². The van der Waals surface area contributed by atoms with Gasteiger partial charge in [-0.15, -0.1) is 0 Å². The summed E-state index contributed by atoms with van der Waals surface area (Å²) in [5, 5.41) is 9.99. The van der Waals surface area contributed by atoms with E-state index in [4.69, 9.17) is 4.74 Å². The molecule has 1 heterocycles. The quantitative estimate of drug-likeness (QED) is 0.776. The van der Waals surface area contributed by atoms with Gasteiger partial charge in [-0.25, -0.2) is 0 Å². The Morgan fingerprint density at radius 2 is 1.78 bits per heavy atom. The molecule has 2 aliphatic rings. The Bertz CT molecular complexity index is 348. The van der Waals surface area contributed by atoms with Gasteiger partial charge in [0.15, 0.2) is 0 Å². The fourth-order valence-electron chi connectivity index (χ4n) is 3.60. The van der Waals surface area contributed by atoms with Gasteiger partial charge in [-0.2, -0.15) is 0 Å². The topological polar surface area (TPSA) is 53.0 Å². The fraction of sp³-hybridized carbons (Fsp3) is 0.944. The Kier molecular flexibility index (Phi) is 7.80. The van der Waals surface area contributed by atoms with Gasteiger partial charge in [-0.05, 0) is 32.6 Å². The van der Waals surface area contributed by atoms with Gasteiger partial charge in [0.1, 0.15) is 0 Å². The summed E-state index contributed by atoms with van der Waals surface area (Å²) in [5.41, 5.74) is 0. The molecule has 1 unspecified atom stereocenters. The maximum absolute atomic E-state index is 12.4. The highest BCUT2D eigenvalue weighted by Crippen LogP contribution is 2.27. The van der Waals surface area contributed by atoms with Crippen LogP contribution in [0.2, 0.25) is 0 Å². The van der Waals surface area contributed by atoms with Crippen molar-refractivity contribution in [2.24, 2.45) is 5.92 Å². The highest BCUT2D eigenvalue weighted by Gasteiger charge is 2.25. The molecule has 5 heteroatoms. The minimum atomic E-state index is -0.443. The number of amides is 1. The van der Waals surface area contributed by atoms with Crippen LogP contribution in [0.5, 0.6) is 0 Å². The zero-order valence-corrected chi connectivity index (χ0v) is 14.9. The molecule has 0 bridgehead atoms. The standard InChI is InChI=1S/C18H34N2O3/c1-15(2)23-14-17(21)13-19-8-10-20(11-9-19)18(22)12-16-6-4-3-5-7-16/h15-17,21H,3-14H2,1-2H3. The molecule has 23 heavy (non-hydrogen) atoms. The first-order chi connectivity index (χ1) is 11.0. The Labute approximate surface area is 141 Å². The van der Waals surface area contributed by atoms with E-state index in [-0.39, 0.29) is 6.10 Å². The van der Waals surface area contributed by atoms with Crippen LogP contribution in [0.1, 0.15) is 52.4 Å². The molecule has 0 radical (unpaired) electrons. The highest BCUT2D eigenvalue weighted by molar-refractivity contribution is 5.76. The van der Waals surface area contributed by atoms with E-state index in [0.717, 1.165) is 32.6 Å². The third-order valence-electron chi connectivity index (χ3n) is 5.00. The summed E-state index contributed by atoms with van der Waals surface area (Å²) >= 11 is 0. The lowest BCUT2D eigenvalue weighted by Gasteiger charge is -2.36. The van der Waals surface area contributed by atoms with Crippen molar-refractivity contribution in [3.63, 3.8) is 0 Å². The lowest BCUT2D eigenvalue weighted by Crippen LogP contribution is -2.51. The number of carbonyl (C=O) groups excluding carboxylic acids is 1. The molecule has 0 spiro atoms. The van der Waals surface area contributed by atoms with Crippen molar-refractivity contribution in [3.05, 3.63) is 0 Å². The monoisotopic (exact) mass is 326 g/mol. The largest absolute Gasteiger partial charge is 0.389 e. The maximum atomic E-state index is 12.4. The molecule has 134 valence electrons. The average Bonchev–Trinajstić information content (AvgIpc) is 2.54. The second-order valence-corrected chi connectivity index (χ2v) is 7.43. The molecule has 2 fully saturated rings. The van der Waals surface area contributed by atoms with Crippen molar-refractivity contribution in [1.82, 2.24) is 9.80 Å². The number of β-amino-alcohol motifs (C(OH)–C–C–N with tert-alkyl or cyclic N) is 1. The molecule has 0 aromatic rings. The van der Waals surface area contributed by atoms with Gasteiger partial charge in [0.05, 0.1) is 18.8 Å². The number of ether oxygens (including phenoxy) is 1. The van der Waals surface area contributed by atoms with Crippen LogP contribution in [-0.4, -0.2) is 72.4 Å². The fourth-order valence-corrected chi connectivity index (χ4v) is 3.60. The van der Waals surface area contributed by atoms with Crippen LogP contribution in [-0.2, 0) is 9.53 Å². The molecule has 1 saturated carbocycles. The number of nitrogens with zero attached hydrogens (tertiary/aromatic N) is 2. The summed E-state index contributed by atoms with van der Waals surface area (Å²) in [4.78, 5) is 16.7. The molecule has 1 aliphatic carbocycles. The Morgan fingerprint density at radius 3 is 2.39 bits per heavy atom. The molecule has 0 aromatic heterocycles. The summed E-state index contributed by atoms with van der Waals surface area (Å²) < 4.78 is 5.45. The van der Waals surface area contributed by atoms with E-state index in [1.165, 1.54) is 32.1 Å². The number of hydrogen-bond acceptors (Lipinski definition) is 4. The maximum Gasteiger partial charge on any atom is 0.222 e. The van der Waals surface area contributed by atoms with E-state index >= 15 is 0 Å². The van der Waals surface area contributed by atoms with Gasteiger partial charge >= 0.3 is 0 Å². The van der Waals surface area contributed by atoms with E-state index in [2.05, 4.69) is 4.90 Å². The third-order valence-corrected chi connectivity index (χ3v) is 5.00. The van der Waals surface area contributed by atoms with Crippen LogP contribution in [0.15, 0.2) is 0 Å². The normalized spacial score (nSPS) is 22.5. The summed E-state index contributed by atoms with van der Waals surface area (Å²) in [7, 11) is 0. The van der Waals surface area contributed by atoms with Crippen molar-refractivity contribution in [2.45, 2.75) is 64.6 Å². The minimum Gasteiger partial charge on any atom is -0.389 e. The molecule has 1 aliphatic heterocycles. The summed E-state index contributed by atoms with van der Waals surface area (Å²) in [5.74, 6) is 0.949. The van der Waals surface area contributed by atoms with Gasteiger partial charge in [-0.1, -0.05) is 19.3 Å². The third kappa shape index (κ3) is 6.77. The van der Waals surface area contributed by atoms with Gasteiger partial charge in [0, 0.05) is 39.1 Å². The zero-order valence-electron chi connectivity index (χ0n) is 14.9. The van der Waals surface area contributed by atoms with Crippen molar-refractivity contribution in [3.8, 4) is 0 Å². The average molecular weight is 326 g/mol. The van der Waals surface area contributed by atoms with Crippen LogP contribution in [0.25, 0.3) is 0 Å². The van der Waals surface area contributed by atoms with Crippen LogP contribution in [0.3, 0.4) is 0 Å². The molecule has 0 aromatic carbocycles. The van der Waals surface area contributed by atoms with Gasteiger partial charge in [-0.3, -0.25) is 9.69 Å². The molecule has 2 rings (SSSR count). The smallest absolute Gasteiger partial charge is 0.222 e. The van der Waals surface area contributed by atoms with Gasteiger partial charge in [0.25, 0.3) is 0 Å². The van der Waals surface area contributed by atoms with Crippen molar-refractivity contribution >= 4 is 5.91 Å². The first kappa shape index (κ1) is 18.7. The van der Waals surface area contributed by atoms with Gasteiger partial charge in [0.2, 0.25) is 5.91 Å². The molecule has 1 saturated heterocycles. The van der Waals surface area contributed by atoms with Crippen molar-refractivity contribution in [2.75, 3.05) is 39.3 Å². The predicted molar refractivity (Wildman–Crippen MR) is 91.3 cm³/mol. The second-order valence-electron chi connectivity index (χ2n) is 7.43. The Morgan fingerprint density at radius 1 is 1.13 bits per heavy atom. The van der Waals surface area contributed by atoms with E-state index in [1.807, 2.05) is 18.7 Å². The van der Waals surface area contributed by atoms with Crippen LogP contribution >= 0.6 is 0 Å². The second kappa shape index (κ2) is 9.60. The SMILES string of the molecule is CC(C)OCC(O)CN1CCN(C(=O)CC2CCCCC2)CC1. The lowest BCUT2D eigenvalue weighted by molar-refractivity contribution is -0.134. The number of piperazine rings is 1. The number of aliphatic hydroxyl groups excluding tert-OH is 1. The van der Waals surface area contributed by atoms with Crippen molar-refractivity contribution in [1.29, 1.82) is 0 Å². The lowest BCUT2D eigenvalue weighted by atomic mass is 9.86. The van der Waals surface area contributed by atoms with E-state index in [9.17, 15) is 9.90 Å². The van der Waals surface area contributed by atoms with E-state index < -0.39 is 6.10 Å². The van der Waals surface area contributed by atoms with E-state index in [0.29, 0.717) is 25.0 Å². The molecule has 1 atom stereocenters. The number of aliphatic hydroxyl groups is 1. The summed E-state index contributed by atoms with van der Waals surface area (Å²) in [6.07, 6.45) is 6.84. The Hall–Kier alpha value is -0.650. The minimum absolute atomic E-state index is 0.152. The molecule has 5 nitrogen and oxygen atoms in total. The van der Waals surface area contributed by atoms with Crippen LogP contribution in [0, 0.1) is 5.92 Å². The number of rotatable bonds is 7. The highest BCUT2D eigenvalue weighted by atomic mass is 16.5. The first-order valence-corrected chi connectivity index (χ1v) is 9.34. The molecule has 1 N–H and O–H groups in total. The van der Waals surface area contributed by atoms with Gasteiger partial charge < -0.3 is 14.7 Å². The summed E-state index contributed by atoms with van der Waals surface area (Å²) in [6.45, 7) is 8.28. The zero-order chi connectivity index (χ0) is 16.7. The van der Waals surface area contributed by atoms with Crippen LogP contribution < -0.4 is 0 Å². The van der Waals surface area contributed by atoms with Crippen molar-refractivity contribution < 1.29 is 14.6 Å². The molecular weight excluding hydrogens is 292 g/mol. The summed E-state index contributed by atoms with van der Waals surface area (Å²) in [6, 6.07) is 0. The molecule has 1 amide bonds. The first-order valence-electron chi connectivity index (χ1n) is 9.34. The Balaban J connectivity index is 1.63. The predicted octanol–water partition coefficient (Wildman–Crippen LogP) is 1.89.